The topological polar surface area (TPSA) is 88.8 Å². The third-order valence-corrected chi connectivity index (χ3v) is 7.53. The Kier molecular flexibility index (Phi) is 7.49. The number of likely N-dealkylation sites (N-methyl/N-ethyl adjacent to an activating group) is 1. The summed E-state index contributed by atoms with van der Waals surface area (Å²) in [5.41, 5.74) is -2.28. The van der Waals surface area contributed by atoms with Crippen LogP contribution in [0.5, 0.6) is 0 Å². The number of H-pyrrole nitrogens is 1. The highest BCUT2D eigenvalue weighted by Gasteiger charge is 2.40. The molecule has 2 fully saturated rings. The molecule has 0 spiro atoms. The number of fused-ring (bicyclic) bond motifs is 1. The lowest BCUT2D eigenvalue weighted by Gasteiger charge is -2.34. The minimum atomic E-state index is -4.78. The zero-order valence-corrected chi connectivity index (χ0v) is 22.2. The van der Waals surface area contributed by atoms with Crippen LogP contribution in [0.15, 0.2) is 41.2 Å². The zero-order valence-electron chi connectivity index (χ0n) is 21.4. The normalized spacial score (nSPS) is 18.4. The number of piperazine rings is 1. The number of para-hydroxylation sites is 1. The lowest BCUT2D eigenvalue weighted by molar-refractivity contribution is -0.137. The predicted octanol–water partition coefficient (Wildman–Crippen LogP) is 3.74. The van der Waals surface area contributed by atoms with Crippen molar-refractivity contribution in [2.24, 2.45) is 0 Å². The number of alkyl halides is 3. The molecule has 0 unspecified atom stereocenters. The smallest absolute Gasteiger partial charge is 0.368 e. The van der Waals surface area contributed by atoms with E-state index in [0.29, 0.717) is 26.2 Å². The molecule has 2 aromatic carbocycles. The molecule has 2 aliphatic rings. The number of aromatic nitrogens is 1. The van der Waals surface area contributed by atoms with Crippen LogP contribution in [0.3, 0.4) is 0 Å². The van der Waals surface area contributed by atoms with E-state index in [1.807, 2.05) is 11.9 Å². The van der Waals surface area contributed by atoms with Gasteiger partial charge in [0.25, 0.3) is 11.8 Å². The standard InChI is InChI=1S/C27H26ClF4N5O3/c1-35-7-9-36(10-8-35)26(40)19-11-15(28)12-20(27(30,31)32)24(19)37-6-5-16(14-37)33-25(39)18-13-22(38)34-23-17(18)3-2-4-21(23)29/h2-4,11-13,16H,5-10,14H2,1H3,(H,33,39)(H,34,38)/t16-/m1/s1. The Morgan fingerprint density at radius 3 is 2.48 bits per heavy atom. The monoisotopic (exact) mass is 579 g/mol. The van der Waals surface area contributed by atoms with Crippen molar-refractivity contribution in [3.8, 4) is 0 Å². The molecule has 2 amide bonds. The van der Waals surface area contributed by atoms with Gasteiger partial charge in [-0.2, -0.15) is 13.2 Å². The number of hydrogen-bond acceptors (Lipinski definition) is 5. The quantitative estimate of drug-likeness (QED) is 0.460. The Balaban J connectivity index is 1.44. The van der Waals surface area contributed by atoms with Crippen LogP contribution in [0.4, 0.5) is 23.2 Å². The fourth-order valence-corrected chi connectivity index (χ4v) is 5.49. The summed E-state index contributed by atoms with van der Waals surface area (Å²) in [6, 6.07) is 6.57. The summed E-state index contributed by atoms with van der Waals surface area (Å²) in [5.74, 6) is -1.90. The van der Waals surface area contributed by atoms with Crippen LogP contribution in [0.25, 0.3) is 10.9 Å². The molecular weight excluding hydrogens is 554 g/mol. The van der Waals surface area contributed by atoms with Gasteiger partial charge in [-0.15, -0.1) is 0 Å². The van der Waals surface area contributed by atoms with E-state index in [9.17, 15) is 31.9 Å². The van der Waals surface area contributed by atoms with Crippen molar-refractivity contribution in [2.75, 3.05) is 51.2 Å². The Morgan fingerprint density at radius 2 is 1.77 bits per heavy atom. The van der Waals surface area contributed by atoms with Gasteiger partial charge >= 0.3 is 6.18 Å². The van der Waals surface area contributed by atoms with Gasteiger partial charge in [0.2, 0.25) is 5.56 Å². The molecule has 212 valence electrons. The van der Waals surface area contributed by atoms with Crippen molar-refractivity contribution in [1.29, 1.82) is 0 Å². The molecule has 3 aromatic rings. The van der Waals surface area contributed by atoms with Crippen molar-refractivity contribution < 1.29 is 27.2 Å². The highest BCUT2D eigenvalue weighted by Crippen LogP contribution is 2.42. The number of halogens is 5. The number of benzene rings is 2. The molecule has 2 aliphatic heterocycles. The number of carbonyl (C=O) groups is 2. The molecule has 3 heterocycles. The molecule has 8 nitrogen and oxygen atoms in total. The van der Waals surface area contributed by atoms with Gasteiger partial charge in [-0.1, -0.05) is 23.7 Å². The highest BCUT2D eigenvalue weighted by atomic mass is 35.5. The van der Waals surface area contributed by atoms with Crippen LogP contribution in [-0.4, -0.2) is 79.0 Å². The van der Waals surface area contributed by atoms with Crippen molar-refractivity contribution in [3.63, 3.8) is 0 Å². The van der Waals surface area contributed by atoms with Crippen molar-refractivity contribution in [1.82, 2.24) is 20.1 Å². The van der Waals surface area contributed by atoms with Gasteiger partial charge in [-0.3, -0.25) is 14.4 Å². The van der Waals surface area contributed by atoms with E-state index in [4.69, 9.17) is 11.6 Å². The largest absolute Gasteiger partial charge is 0.418 e. The first-order valence-electron chi connectivity index (χ1n) is 12.7. The Bertz CT molecular complexity index is 1540. The summed E-state index contributed by atoms with van der Waals surface area (Å²) >= 11 is 6.07. The maximum absolute atomic E-state index is 14.2. The maximum atomic E-state index is 14.2. The van der Waals surface area contributed by atoms with Crippen LogP contribution >= 0.6 is 11.6 Å². The van der Waals surface area contributed by atoms with Gasteiger partial charge < -0.3 is 25.0 Å². The Labute approximate surface area is 231 Å². The van der Waals surface area contributed by atoms with E-state index >= 15 is 0 Å². The summed E-state index contributed by atoms with van der Waals surface area (Å²) in [4.78, 5) is 46.0. The second-order valence-corrected chi connectivity index (χ2v) is 10.5. The molecule has 0 saturated carbocycles. The summed E-state index contributed by atoms with van der Waals surface area (Å²) < 4.78 is 56.9. The molecule has 5 rings (SSSR count). The van der Waals surface area contributed by atoms with Crippen LogP contribution in [0.1, 0.15) is 32.7 Å². The molecule has 0 aliphatic carbocycles. The average molecular weight is 580 g/mol. The molecule has 40 heavy (non-hydrogen) atoms. The fourth-order valence-electron chi connectivity index (χ4n) is 5.27. The first kappa shape index (κ1) is 27.9. The molecule has 13 heteroatoms. The summed E-state index contributed by atoms with van der Waals surface area (Å²) in [6.07, 6.45) is -4.50. The predicted molar refractivity (Wildman–Crippen MR) is 142 cm³/mol. The Hall–Kier alpha value is -3.64. The number of rotatable bonds is 4. The maximum Gasteiger partial charge on any atom is 0.418 e. The van der Waals surface area contributed by atoms with Gasteiger partial charge in [0.1, 0.15) is 5.82 Å². The second-order valence-electron chi connectivity index (χ2n) is 10.1. The molecule has 0 bridgehead atoms. The van der Waals surface area contributed by atoms with Gasteiger partial charge in [0.05, 0.1) is 27.9 Å². The third kappa shape index (κ3) is 5.50. The van der Waals surface area contributed by atoms with Gasteiger partial charge in [-0.25, -0.2) is 4.39 Å². The van der Waals surface area contributed by atoms with Crippen LogP contribution in [-0.2, 0) is 6.18 Å². The number of nitrogens with zero attached hydrogens (tertiary/aromatic N) is 3. The van der Waals surface area contributed by atoms with Crippen LogP contribution < -0.4 is 15.8 Å². The lowest BCUT2D eigenvalue weighted by Crippen LogP contribution is -2.47. The number of hydrogen-bond donors (Lipinski definition) is 2. The van der Waals surface area contributed by atoms with Crippen molar-refractivity contribution >= 4 is 40.0 Å². The zero-order chi connectivity index (χ0) is 28.8. The van der Waals surface area contributed by atoms with E-state index in [-0.39, 0.29) is 52.3 Å². The molecule has 1 aromatic heterocycles. The van der Waals surface area contributed by atoms with Crippen LogP contribution in [0, 0.1) is 5.82 Å². The highest BCUT2D eigenvalue weighted by molar-refractivity contribution is 6.31. The first-order valence-corrected chi connectivity index (χ1v) is 13.1. The summed E-state index contributed by atoms with van der Waals surface area (Å²) in [6.45, 7) is 2.02. The van der Waals surface area contributed by atoms with E-state index in [0.717, 1.165) is 18.2 Å². The minimum absolute atomic E-state index is 0.0189. The number of nitrogens with one attached hydrogen (secondary N) is 2. The lowest BCUT2D eigenvalue weighted by atomic mass is 10.0. The molecule has 0 radical (unpaired) electrons. The fraction of sp³-hybridized carbons (Fsp3) is 0.370. The van der Waals surface area contributed by atoms with E-state index in [2.05, 4.69) is 10.3 Å². The van der Waals surface area contributed by atoms with Crippen molar-refractivity contribution in [3.05, 3.63) is 74.3 Å². The average Bonchev–Trinajstić information content (AvgIpc) is 3.35. The van der Waals surface area contributed by atoms with Gasteiger partial charge in [0.15, 0.2) is 0 Å². The van der Waals surface area contributed by atoms with Gasteiger partial charge in [0, 0.05) is 61.8 Å². The van der Waals surface area contributed by atoms with E-state index < -0.39 is 41.0 Å². The summed E-state index contributed by atoms with van der Waals surface area (Å²) in [7, 11) is 1.90. The molecule has 1 atom stereocenters. The van der Waals surface area contributed by atoms with E-state index in [1.54, 1.807) is 0 Å². The van der Waals surface area contributed by atoms with Gasteiger partial charge in [-0.05, 0) is 31.7 Å². The minimum Gasteiger partial charge on any atom is -0.368 e. The molecule has 2 N–H and O–H groups in total. The second kappa shape index (κ2) is 10.7. The van der Waals surface area contributed by atoms with E-state index in [1.165, 1.54) is 28.0 Å². The molecule has 2 saturated heterocycles. The first-order chi connectivity index (χ1) is 18.9. The number of carbonyl (C=O) groups excluding carboxylic acids is 2. The third-order valence-electron chi connectivity index (χ3n) is 7.31. The van der Waals surface area contributed by atoms with Crippen molar-refractivity contribution in [2.45, 2.75) is 18.6 Å². The Morgan fingerprint density at radius 1 is 1.05 bits per heavy atom. The SMILES string of the molecule is CN1CCN(C(=O)c2cc(Cl)cc(C(F)(F)F)c2N2CC[C@@H](NC(=O)c3cc(=O)[nH]c4c(F)cccc34)C2)CC1. The van der Waals surface area contributed by atoms with Crippen LogP contribution in [0.2, 0.25) is 5.02 Å². The number of pyridine rings is 1. The number of amides is 2. The summed E-state index contributed by atoms with van der Waals surface area (Å²) in [5, 5.41) is 2.75. The molecular formula is C27H26ClF4N5O3. The number of aromatic amines is 1. The number of anilines is 1.